The van der Waals surface area contributed by atoms with Crippen molar-refractivity contribution < 1.29 is 33.2 Å². The first kappa shape index (κ1) is 25.5. The first-order valence-corrected chi connectivity index (χ1v) is 11.3. The number of methoxy groups -OCH3 is 6. The highest BCUT2D eigenvalue weighted by Gasteiger charge is 2.34. The molecular weight excluding hydrogens is 478 g/mol. The Kier molecular flexibility index (Phi) is 7.57. The molecule has 3 aromatic carbocycles. The third-order valence-electron chi connectivity index (χ3n) is 5.92. The lowest BCUT2D eigenvalue weighted by Crippen LogP contribution is -2.39. The van der Waals surface area contributed by atoms with Crippen LogP contribution >= 0.6 is 0 Å². The molecule has 0 radical (unpaired) electrons. The van der Waals surface area contributed by atoms with E-state index in [4.69, 9.17) is 28.4 Å². The fraction of sp³-hybridized carbons (Fsp3) is 0.259. The molecule has 0 saturated heterocycles. The van der Waals surface area contributed by atoms with Crippen molar-refractivity contribution in [2.24, 2.45) is 5.10 Å². The van der Waals surface area contributed by atoms with Gasteiger partial charge in [0, 0.05) is 16.8 Å². The predicted molar refractivity (Wildman–Crippen MR) is 139 cm³/mol. The lowest BCUT2D eigenvalue weighted by atomic mass is 10.0. The van der Waals surface area contributed by atoms with E-state index in [0.717, 1.165) is 0 Å². The Morgan fingerprint density at radius 1 is 0.757 bits per heavy atom. The number of benzene rings is 3. The van der Waals surface area contributed by atoms with E-state index < -0.39 is 6.17 Å². The number of nitrogens with one attached hydrogen (secondary N) is 1. The normalized spacial score (nSPS) is 14.6. The minimum absolute atomic E-state index is 0.281. The highest BCUT2D eigenvalue weighted by molar-refractivity contribution is 6.02. The van der Waals surface area contributed by atoms with Crippen LogP contribution in [-0.2, 0) is 0 Å². The number of amides is 1. The molecule has 1 amide bonds. The molecule has 1 atom stereocenters. The van der Waals surface area contributed by atoms with Crippen LogP contribution in [0.3, 0.4) is 0 Å². The molecule has 10 nitrogen and oxygen atoms in total. The summed E-state index contributed by atoms with van der Waals surface area (Å²) in [7, 11) is 9.21. The summed E-state index contributed by atoms with van der Waals surface area (Å²) in [6.07, 6.45) is 0.887. The molecule has 0 spiro atoms. The van der Waals surface area contributed by atoms with Gasteiger partial charge in [-0.3, -0.25) is 4.79 Å². The second kappa shape index (κ2) is 11.0. The van der Waals surface area contributed by atoms with Crippen molar-refractivity contribution in [3.63, 3.8) is 0 Å². The van der Waals surface area contributed by atoms with Crippen LogP contribution in [0, 0.1) is 0 Å². The third-order valence-corrected chi connectivity index (χ3v) is 5.92. The van der Waals surface area contributed by atoms with Gasteiger partial charge in [-0.05, 0) is 36.4 Å². The third kappa shape index (κ3) is 4.77. The fourth-order valence-electron chi connectivity index (χ4n) is 4.15. The van der Waals surface area contributed by atoms with Crippen LogP contribution in [0.15, 0.2) is 53.6 Å². The Bertz CT molecular complexity index is 1280. The lowest BCUT2D eigenvalue weighted by molar-refractivity contribution is 0.0691. The summed E-state index contributed by atoms with van der Waals surface area (Å²) in [6.45, 7) is 0. The SMILES string of the molecule is COc1cc(/C=N\N2C(=O)c3ccccc3N[C@H]2c2cc(OC)c(OC)c(OC)c2)cc(OC)c1OC. The molecule has 0 saturated carbocycles. The second-order valence-corrected chi connectivity index (χ2v) is 7.90. The van der Waals surface area contributed by atoms with E-state index >= 15 is 0 Å². The standard InChI is InChI=1S/C27H29N3O7/c1-32-20-11-16(12-21(33-2)24(20)36-5)15-28-30-26(29-19-10-8-7-9-18(19)27(30)31)17-13-22(34-3)25(37-6)23(14-17)35-4/h7-15,26,29H,1-6H3/b28-15-/t26-/m1/s1. The van der Waals surface area contributed by atoms with Crippen LogP contribution < -0.4 is 33.7 Å². The number of carbonyl (C=O) groups excluding carboxylic acids is 1. The van der Waals surface area contributed by atoms with Crippen LogP contribution in [0.2, 0.25) is 0 Å². The molecule has 3 aromatic rings. The Balaban J connectivity index is 1.82. The van der Waals surface area contributed by atoms with Gasteiger partial charge in [-0.2, -0.15) is 5.10 Å². The van der Waals surface area contributed by atoms with Crippen LogP contribution in [0.25, 0.3) is 0 Å². The number of hydrogen-bond acceptors (Lipinski definition) is 9. The predicted octanol–water partition coefficient (Wildman–Crippen LogP) is 4.34. The Labute approximate surface area is 215 Å². The van der Waals surface area contributed by atoms with E-state index in [1.54, 1.807) is 42.6 Å². The van der Waals surface area contributed by atoms with Crippen LogP contribution in [-0.4, -0.2) is 59.8 Å². The molecule has 0 bridgehead atoms. The molecular formula is C27H29N3O7. The van der Waals surface area contributed by atoms with E-state index in [1.807, 2.05) is 12.1 Å². The summed E-state index contributed by atoms with van der Waals surface area (Å²) >= 11 is 0. The molecule has 1 aliphatic heterocycles. The van der Waals surface area contributed by atoms with Gasteiger partial charge in [0.2, 0.25) is 11.5 Å². The maximum absolute atomic E-state index is 13.6. The van der Waals surface area contributed by atoms with Gasteiger partial charge < -0.3 is 33.7 Å². The van der Waals surface area contributed by atoms with Gasteiger partial charge in [0.1, 0.15) is 0 Å². The van der Waals surface area contributed by atoms with Gasteiger partial charge >= 0.3 is 0 Å². The number of hydrogen-bond donors (Lipinski definition) is 1. The second-order valence-electron chi connectivity index (χ2n) is 7.90. The van der Waals surface area contributed by atoms with Crippen molar-refractivity contribution in [1.29, 1.82) is 0 Å². The van der Waals surface area contributed by atoms with Crippen molar-refractivity contribution in [2.45, 2.75) is 6.17 Å². The maximum Gasteiger partial charge on any atom is 0.278 e. The Hall–Kier alpha value is -4.60. The zero-order valence-electron chi connectivity index (χ0n) is 21.5. The zero-order chi connectivity index (χ0) is 26.5. The molecule has 37 heavy (non-hydrogen) atoms. The van der Waals surface area contributed by atoms with Gasteiger partial charge in [0.05, 0.1) is 54.4 Å². The van der Waals surface area contributed by atoms with Crippen LogP contribution in [0.1, 0.15) is 27.7 Å². The first-order valence-electron chi connectivity index (χ1n) is 11.3. The van der Waals surface area contributed by atoms with Gasteiger partial charge in [-0.15, -0.1) is 0 Å². The topological polar surface area (TPSA) is 100 Å². The molecule has 1 aliphatic rings. The average molecular weight is 508 g/mol. The number of fused-ring (bicyclic) bond motifs is 1. The molecule has 0 unspecified atom stereocenters. The molecule has 10 heteroatoms. The molecule has 4 rings (SSSR count). The molecule has 1 heterocycles. The highest BCUT2D eigenvalue weighted by Crippen LogP contribution is 2.43. The van der Waals surface area contributed by atoms with Gasteiger partial charge in [-0.1, -0.05) is 12.1 Å². The number of hydrazone groups is 1. The van der Waals surface area contributed by atoms with Crippen LogP contribution in [0.5, 0.6) is 34.5 Å². The highest BCUT2D eigenvalue weighted by atomic mass is 16.5. The number of rotatable bonds is 9. The number of carbonyl (C=O) groups is 1. The van der Waals surface area contributed by atoms with E-state index in [1.165, 1.54) is 47.7 Å². The first-order chi connectivity index (χ1) is 18.0. The maximum atomic E-state index is 13.6. The minimum Gasteiger partial charge on any atom is -0.493 e. The van der Waals surface area contributed by atoms with Crippen molar-refractivity contribution in [3.05, 3.63) is 65.2 Å². The molecule has 1 N–H and O–H groups in total. The minimum atomic E-state index is -0.672. The van der Waals surface area contributed by atoms with Crippen molar-refractivity contribution in [2.75, 3.05) is 48.0 Å². The number of para-hydroxylation sites is 1. The zero-order valence-corrected chi connectivity index (χ0v) is 21.5. The molecule has 0 aliphatic carbocycles. The summed E-state index contributed by atoms with van der Waals surface area (Å²) in [5.74, 6) is 2.48. The smallest absolute Gasteiger partial charge is 0.278 e. The van der Waals surface area contributed by atoms with Crippen molar-refractivity contribution >= 4 is 17.8 Å². The van der Waals surface area contributed by atoms with E-state index in [9.17, 15) is 4.79 Å². The summed E-state index contributed by atoms with van der Waals surface area (Å²) < 4.78 is 32.8. The Morgan fingerprint density at radius 2 is 1.27 bits per heavy atom. The fourth-order valence-corrected chi connectivity index (χ4v) is 4.15. The summed E-state index contributed by atoms with van der Waals surface area (Å²) in [6, 6.07) is 14.3. The molecule has 194 valence electrons. The van der Waals surface area contributed by atoms with Gasteiger partial charge in [0.15, 0.2) is 29.2 Å². The number of nitrogens with zero attached hydrogens (tertiary/aromatic N) is 2. The summed E-state index contributed by atoms with van der Waals surface area (Å²) in [5.41, 5.74) is 2.50. The van der Waals surface area contributed by atoms with Gasteiger partial charge in [0.25, 0.3) is 5.91 Å². The monoisotopic (exact) mass is 507 g/mol. The summed E-state index contributed by atoms with van der Waals surface area (Å²) in [4.78, 5) is 13.6. The summed E-state index contributed by atoms with van der Waals surface area (Å²) in [5, 5.41) is 9.35. The number of anilines is 1. The van der Waals surface area contributed by atoms with Crippen molar-refractivity contribution in [1.82, 2.24) is 5.01 Å². The quantitative estimate of drug-likeness (QED) is 0.427. The number of ether oxygens (including phenoxy) is 6. The lowest BCUT2D eigenvalue weighted by Gasteiger charge is -2.35. The largest absolute Gasteiger partial charge is 0.493 e. The average Bonchev–Trinajstić information content (AvgIpc) is 2.94. The van der Waals surface area contributed by atoms with Crippen molar-refractivity contribution in [3.8, 4) is 34.5 Å². The Morgan fingerprint density at radius 3 is 1.78 bits per heavy atom. The van der Waals surface area contributed by atoms with Crippen LogP contribution in [0.4, 0.5) is 5.69 Å². The van der Waals surface area contributed by atoms with E-state index in [-0.39, 0.29) is 5.91 Å². The van der Waals surface area contributed by atoms with E-state index in [0.29, 0.717) is 56.9 Å². The van der Waals surface area contributed by atoms with Gasteiger partial charge in [-0.25, -0.2) is 5.01 Å². The van der Waals surface area contributed by atoms with E-state index in [2.05, 4.69) is 10.4 Å². The molecule has 0 aromatic heterocycles. The molecule has 0 fully saturated rings.